The van der Waals surface area contributed by atoms with Crippen LogP contribution in [0.5, 0.6) is 0 Å². The quantitative estimate of drug-likeness (QED) is 0.496. The first-order valence-corrected chi connectivity index (χ1v) is 8.11. The maximum Gasteiger partial charge on any atom is 0.121 e. The van der Waals surface area contributed by atoms with Crippen molar-refractivity contribution in [3.8, 4) is 0 Å². The second-order valence-corrected chi connectivity index (χ2v) is 5.90. The van der Waals surface area contributed by atoms with Crippen molar-refractivity contribution in [3.63, 3.8) is 0 Å². The molecule has 2 heterocycles. The minimum Gasteiger partial charge on any atom is -0.341 e. The molecule has 0 fully saturated rings. The molecule has 4 N–H and O–H groups in total. The summed E-state index contributed by atoms with van der Waals surface area (Å²) >= 11 is 0. The first kappa shape index (κ1) is 17.4. The van der Waals surface area contributed by atoms with E-state index in [0.717, 1.165) is 40.3 Å². The molecule has 0 aliphatic carbocycles. The number of nitrogens with one attached hydrogen (secondary N) is 2. The number of benzene rings is 2. The Morgan fingerprint density at radius 1 is 0.800 bits per heavy atom. The van der Waals surface area contributed by atoms with E-state index < -0.39 is 0 Å². The Morgan fingerprint density at radius 2 is 1.28 bits per heavy atom. The van der Waals surface area contributed by atoms with Gasteiger partial charge in [-0.15, -0.1) is 12.4 Å². The summed E-state index contributed by atoms with van der Waals surface area (Å²) in [4.78, 5) is 18.3. The van der Waals surface area contributed by atoms with Crippen molar-refractivity contribution in [2.75, 3.05) is 13.1 Å². The summed E-state index contributed by atoms with van der Waals surface area (Å²) in [7, 11) is 0. The second-order valence-electron chi connectivity index (χ2n) is 5.90. The molecule has 0 spiro atoms. The summed E-state index contributed by atoms with van der Waals surface area (Å²) in [5, 5.41) is 0. The number of halogens is 1. The topological polar surface area (TPSA) is 86.6 Å². The number of H-pyrrole nitrogens is 2. The molecule has 0 atom stereocenters. The second kappa shape index (κ2) is 7.65. The predicted octanol–water partition coefficient (Wildman–Crippen LogP) is 2.82. The Balaban J connectivity index is 0.00000182. The molecule has 0 saturated heterocycles. The van der Waals surface area contributed by atoms with Crippen molar-refractivity contribution < 1.29 is 0 Å². The molecule has 0 aliphatic rings. The van der Waals surface area contributed by atoms with Crippen molar-refractivity contribution in [1.82, 2.24) is 24.8 Å². The van der Waals surface area contributed by atoms with Gasteiger partial charge in [-0.05, 0) is 24.3 Å². The molecule has 0 bridgehead atoms. The smallest absolute Gasteiger partial charge is 0.121 e. The first-order chi connectivity index (χ1) is 11.8. The molecule has 130 valence electrons. The summed E-state index contributed by atoms with van der Waals surface area (Å²) in [5.41, 5.74) is 9.88. The SMILES string of the molecule is Cl.NCCN(Cc1nc2ccccc2[nH]1)Cc1nc2ccccc2[nH]1. The molecule has 2 aromatic heterocycles. The summed E-state index contributed by atoms with van der Waals surface area (Å²) in [6.07, 6.45) is 0. The van der Waals surface area contributed by atoms with E-state index in [4.69, 9.17) is 5.73 Å². The predicted molar refractivity (Wildman–Crippen MR) is 103 cm³/mol. The molecular weight excluding hydrogens is 336 g/mol. The molecule has 0 radical (unpaired) electrons. The summed E-state index contributed by atoms with van der Waals surface area (Å²) in [6.45, 7) is 2.81. The fourth-order valence-electron chi connectivity index (χ4n) is 2.98. The molecule has 0 aliphatic heterocycles. The lowest BCUT2D eigenvalue weighted by Gasteiger charge is -2.18. The summed E-state index contributed by atoms with van der Waals surface area (Å²) in [6, 6.07) is 16.1. The lowest BCUT2D eigenvalue weighted by Crippen LogP contribution is -2.29. The van der Waals surface area contributed by atoms with Gasteiger partial charge < -0.3 is 15.7 Å². The van der Waals surface area contributed by atoms with Crippen LogP contribution in [0.25, 0.3) is 22.1 Å². The zero-order chi connectivity index (χ0) is 16.4. The van der Waals surface area contributed by atoms with Crippen molar-refractivity contribution in [2.45, 2.75) is 13.1 Å². The van der Waals surface area contributed by atoms with Crippen LogP contribution in [0.15, 0.2) is 48.5 Å². The van der Waals surface area contributed by atoms with E-state index in [0.29, 0.717) is 19.6 Å². The van der Waals surface area contributed by atoms with E-state index in [1.165, 1.54) is 0 Å². The zero-order valence-corrected chi connectivity index (χ0v) is 14.6. The van der Waals surface area contributed by atoms with Crippen molar-refractivity contribution in [3.05, 3.63) is 60.2 Å². The maximum absolute atomic E-state index is 5.78. The van der Waals surface area contributed by atoms with E-state index >= 15 is 0 Å². The fraction of sp³-hybridized carbons (Fsp3) is 0.222. The van der Waals surface area contributed by atoms with Gasteiger partial charge in [0.1, 0.15) is 11.6 Å². The van der Waals surface area contributed by atoms with Crippen LogP contribution in [-0.2, 0) is 13.1 Å². The first-order valence-electron chi connectivity index (χ1n) is 8.11. The summed E-state index contributed by atoms with van der Waals surface area (Å²) in [5.74, 6) is 1.89. The largest absolute Gasteiger partial charge is 0.341 e. The van der Waals surface area contributed by atoms with Crippen LogP contribution in [0.3, 0.4) is 0 Å². The molecular formula is C18H21ClN6. The molecule has 0 saturated carbocycles. The fourth-order valence-corrected chi connectivity index (χ4v) is 2.98. The standard InChI is InChI=1S/C18H20N6.ClH/c19-9-10-24(11-17-20-13-5-1-2-6-14(13)21-17)12-18-22-15-7-3-4-8-16(15)23-18;/h1-8H,9-12,19H2,(H,20,21)(H,22,23);1H. The van der Waals surface area contributed by atoms with Gasteiger partial charge >= 0.3 is 0 Å². The number of imidazole rings is 2. The van der Waals surface area contributed by atoms with Crippen LogP contribution in [0.4, 0.5) is 0 Å². The highest BCUT2D eigenvalue weighted by molar-refractivity contribution is 5.85. The molecule has 6 nitrogen and oxygen atoms in total. The number of hydrogen-bond acceptors (Lipinski definition) is 4. The van der Waals surface area contributed by atoms with E-state index in [-0.39, 0.29) is 12.4 Å². The van der Waals surface area contributed by atoms with E-state index in [1.807, 2.05) is 48.5 Å². The molecule has 25 heavy (non-hydrogen) atoms. The van der Waals surface area contributed by atoms with Gasteiger partial charge in [-0.3, -0.25) is 4.90 Å². The monoisotopic (exact) mass is 356 g/mol. The van der Waals surface area contributed by atoms with E-state index in [1.54, 1.807) is 0 Å². The Labute approximate surface area is 151 Å². The molecule has 4 rings (SSSR count). The van der Waals surface area contributed by atoms with Gasteiger partial charge in [0.25, 0.3) is 0 Å². The third-order valence-corrected chi connectivity index (χ3v) is 4.07. The van der Waals surface area contributed by atoms with Crippen LogP contribution in [-0.4, -0.2) is 37.9 Å². The zero-order valence-electron chi connectivity index (χ0n) is 13.8. The van der Waals surface area contributed by atoms with E-state index in [2.05, 4.69) is 24.8 Å². The Kier molecular flexibility index (Phi) is 5.33. The minimum atomic E-state index is 0. The molecule has 7 heteroatoms. The lowest BCUT2D eigenvalue weighted by molar-refractivity contribution is 0.253. The van der Waals surface area contributed by atoms with Crippen LogP contribution >= 0.6 is 12.4 Å². The third kappa shape index (κ3) is 3.82. The van der Waals surface area contributed by atoms with Gasteiger partial charge in [0.15, 0.2) is 0 Å². The number of rotatable bonds is 6. The number of nitrogens with two attached hydrogens (primary N) is 1. The average Bonchev–Trinajstić information content (AvgIpc) is 3.17. The van der Waals surface area contributed by atoms with Gasteiger partial charge in [0.05, 0.1) is 35.2 Å². The van der Waals surface area contributed by atoms with Gasteiger partial charge in [0.2, 0.25) is 0 Å². The average molecular weight is 357 g/mol. The van der Waals surface area contributed by atoms with Gasteiger partial charge in [0, 0.05) is 13.1 Å². The normalized spacial score (nSPS) is 11.3. The molecule has 0 unspecified atom stereocenters. The van der Waals surface area contributed by atoms with Crippen LogP contribution in [0, 0.1) is 0 Å². The highest BCUT2D eigenvalue weighted by Gasteiger charge is 2.12. The number of fused-ring (bicyclic) bond motifs is 2. The molecule has 4 aromatic rings. The van der Waals surface area contributed by atoms with Gasteiger partial charge in [-0.2, -0.15) is 0 Å². The number of hydrogen-bond donors (Lipinski definition) is 3. The van der Waals surface area contributed by atoms with Crippen molar-refractivity contribution >= 4 is 34.5 Å². The van der Waals surface area contributed by atoms with Crippen LogP contribution < -0.4 is 5.73 Å². The van der Waals surface area contributed by atoms with Crippen LogP contribution in [0.1, 0.15) is 11.6 Å². The number of nitrogens with zero attached hydrogens (tertiary/aromatic N) is 3. The number of aromatic nitrogens is 4. The highest BCUT2D eigenvalue weighted by Crippen LogP contribution is 2.14. The Hall–Kier alpha value is -2.41. The highest BCUT2D eigenvalue weighted by atomic mass is 35.5. The minimum absolute atomic E-state index is 0. The summed E-state index contributed by atoms with van der Waals surface area (Å²) < 4.78 is 0. The van der Waals surface area contributed by atoms with E-state index in [9.17, 15) is 0 Å². The van der Waals surface area contributed by atoms with Gasteiger partial charge in [-0.25, -0.2) is 9.97 Å². The molecule has 2 aromatic carbocycles. The Morgan fingerprint density at radius 3 is 1.72 bits per heavy atom. The van der Waals surface area contributed by atoms with Gasteiger partial charge in [-0.1, -0.05) is 24.3 Å². The van der Waals surface area contributed by atoms with Crippen molar-refractivity contribution in [1.29, 1.82) is 0 Å². The lowest BCUT2D eigenvalue weighted by atomic mass is 10.3. The third-order valence-electron chi connectivity index (χ3n) is 4.07. The molecule has 0 amide bonds. The Bertz CT molecular complexity index is 818. The van der Waals surface area contributed by atoms with Crippen molar-refractivity contribution in [2.24, 2.45) is 5.73 Å². The number of aromatic amines is 2. The maximum atomic E-state index is 5.78. The number of para-hydroxylation sites is 4. The van der Waals surface area contributed by atoms with Crippen LogP contribution in [0.2, 0.25) is 0 Å².